The minimum Gasteiger partial charge on any atom is -0.477 e. The first-order chi connectivity index (χ1) is 11.8. The van der Waals surface area contributed by atoms with Gasteiger partial charge in [0, 0.05) is 24.4 Å². The van der Waals surface area contributed by atoms with Gasteiger partial charge in [-0.15, -0.1) is 11.3 Å². The fourth-order valence-electron chi connectivity index (χ4n) is 3.64. The van der Waals surface area contributed by atoms with E-state index in [0.717, 1.165) is 16.9 Å². The third-order valence-corrected chi connectivity index (χ3v) is 8.25. The minimum absolute atomic E-state index is 0.0127. The molecule has 2 aliphatic rings. The zero-order chi connectivity index (χ0) is 17.9. The lowest BCUT2D eigenvalue weighted by molar-refractivity contribution is 0.0701. The molecule has 25 heavy (non-hydrogen) atoms. The van der Waals surface area contributed by atoms with Crippen molar-refractivity contribution in [3.05, 3.63) is 45.8 Å². The Morgan fingerprint density at radius 3 is 2.80 bits per heavy atom. The van der Waals surface area contributed by atoms with Crippen molar-refractivity contribution < 1.29 is 23.1 Å². The number of ketones is 1. The second-order valence-electron chi connectivity index (χ2n) is 6.32. The van der Waals surface area contributed by atoms with Gasteiger partial charge in [0.1, 0.15) is 9.09 Å². The Kier molecular flexibility index (Phi) is 3.52. The van der Waals surface area contributed by atoms with Crippen molar-refractivity contribution in [1.82, 2.24) is 0 Å². The summed E-state index contributed by atoms with van der Waals surface area (Å²) in [7, 11) is -3.86. The molecule has 1 aliphatic heterocycles. The summed E-state index contributed by atoms with van der Waals surface area (Å²) in [5.41, 5.74) is 2.40. The molecule has 0 spiro atoms. The van der Waals surface area contributed by atoms with E-state index in [4.69, 9.17) is 0 Å². The highest BCUT2D eigenvalue weighted by molar-refractivity contribution is 7.94. The zero-order valence-corrected chi connectivity index (χ0v) is 15.0. The van der Waals surface area contributed by atoms with E-state index >= 15 is 0 Å². The zero-order valence-electron chi connectivity index (χ0n) is 13.4. The van der Waals surface area contributed by atoms with E-state index in [1.807, 2.05) is 0 Å². The number of aromatic carboxylic acids is 1. The molecule has 0 bridgehead atoms. The molecular weight excluding hydrogens is 362 g/mol. The fraction of sp³-hybridized carbons (Fsp3) is 0.294. The summed E-state index contributed by atoms with van der Waals surface area (Å²) in [6, 6.07) is 6.57. The van der Waals surface area contributed by atoms with Crippen LogP contribution in [-0.2, 0) is 10.0 Å². The van der Waals surface area contributed by atoms with Crippen molar-refractivity contribution in [3.8, 4) is 0 Å². The van der Waals surface area contributed by atoms with Gasteiger partial charge in [0.2, 0.25) is 0 Å². The number of carboxylic acid groups (broad SMARTS) is 1. The lowest BCUT2D eigenvalue weighted by Gasteiger charge is -2.18. The Balaban J connectivity index is 1.83. The molecule has 4 rings (SSSR count). The highest BCUT2D eigenvalue weighted by atomic mass is 32.2. The van der Waals surface area contributed by atoms with Crippen LogP contribution in [0.25, 0.3) is 0 Å². The molecule has 8 heteroatoms. The van der Waals surface area contributed by atoms with Gasteiger partial charge in [0.15, 0.2) is 5.78 Å². The lowest BCUT2D eigenvalue weighted by atomic mass is 9.83. The van der Waals surface area contributed by atoms with Crippen molar-refractivity contribution in [2.75, 3.05) is 10.8 Å². The predicted octanol–water partition coefficient (Wildman–Crippen LogP) is 3.02. The standard InChI is InChI=1S/C17H15NO5S2/c1-9-7-14(24-16(9)17(20)21)25(22,23)18-8-10-5-6-13(19)11-3-2-4-12(18)15(10)11/h2-4,7,10H,5-6,8H2,1H3,(H,20,21). The molecule has 1 aromatic carbocycles. The van der Waals surface area contributed by atoms with Gasteiger partial charge in [-0.2, -0.15) is 0 Å². The number of sulfonamides is 1. The first-order valence-corrected chi connectivity index (χ1v) is 10.1. The first-order valence-electron chi connectivity index (χ1n) is 7.83. The van der Waals surface area contributed by atoms with Gasteiger partial charge in [-0.3, -0.25) is 9.10 Å². The molecule has 1 aliphatic carbocycles. The van der Waals surface area contributed by atoms with Crippen LogP contribution >= 0.6 is 11.3 Å². The molecule has 1 aromatic heterocycles. The predicted molar refractivity (Wildman–Crippen MR) is 93.3 cm³/mol. The van der Waals surface area contributed by atoms with E-state index in [0.29, 0.717) is 36.2 Å². The number of rotatable bonds is 3. The summed E-state index contributed by atoms with van der Waals surface area (Å²) in [5.74, 6) is -1.07. The quantitative estimate of drug-likeness (QED) is 0.888. The van der Waals surface area contributed by atoms with Gasteiger partial charge < -0.3 is 5.11 Å². The van der Waals surface area contributed by atoms with Gasteiger partial charge in [0.25, 0.3) is 10.0 Å². The molecule has 0 saturated heterocycles. The molecule has 1 unspecified atom stereocenters. The molecule has 2 heterocycles. The highest BCUT2D eigenvalue weighted by Crippen LogP contribution is 2.46. The number of hydrogen-bond acceptors (Lipinski definition) is 5. The number of anilines is 1. The second kappa shape index (κ2) is 5.40. The molecule has 0 fully saturated rings. The van der Waals surface area contributed by atoms with Gasteiger partial charge in [-0.25, -0.2) is 13.2 Å². The van der Waals surface area contributed by atoms with E-state index in [1.54, 1.807) is 25.1 Å². The summed E-state index contributed by atoms with van der Waals surface area (Å²) in [4.78, 5) is 23.4. The lowest BCUT2D eigenvalue weighted by Crippen LogP contribution is -2.29. The molecule has 1 atom stereocenters. The van der Waals surface area contributed by atoms with Crippen LogP contribution in [0.2, 0.25) is 0 Å². The topological polar surface area (TPSA) is 91.8 Å². The first kappa shape index (κ1) is 16.3. The SMILES string of the molecule is Cc1cc(S(=O)(=O)N2CC3CCC(=O)c4cccc2c43)sc1C(=O)O. The van der Waals surface area contributed by atoms with Crippen molar-refractivity contribution in [2.24, 2.45) is 0 Å². The number of aryl methyl sites for hydroxylation is 1. The van der Waals surface area contributed by atoms with Crippen molar-refractivity contribution in [3.63, 3.8) is 0 Å². The number of carbonyl (C=O) groups excluding carboxylic acids is 1. The van der Waals surface area contributed by atoms with Crippen LogP contribution in [0.1, 0.15) is 49.9 Å². The number of benzene rings is 1. The maximum Gasteiger partial charge on any atom is 0.346 e. The Morgan fingerprint density at radius 2 is 2.12 bits per heavy atom. The van der Waals surface area contributed by atoms with Crippen molar-refractivity contribution >= 4 is 38.8 Å². The van der Waals surface area contributed by atoms with Gasteiger partial charge in [-0.1, -0.05) is 12.1 Å². The number of thiophene rings is 1. The monoisotopic (exact) mass is 377 g/mol. The number of hydrogen-bond donors (Lipinski definition) is 1. The third kappa shape index (κ3) is 2.31. The normalized spacial score (nSPS) is 19.2. The van der Waals surface area contributed by atoms with Gasteiger partial charge in [-0.05, 0) is 36.6 Å². The minimum atomic E-state index is -3.86. The largest absolute Gasteiger partial charge is 0.477 e. The van der Waals surface area contributed by atoms with Gasteiger partial charge >= 0.3 is 5.97 Å². The Bertz CT molecular complexity index is 1020. The van der Waals surface area contributed by atoms with E-state index in [1.165, 1.54) is 10.4 Å². The molecule has 0 saturated carbocycles. The summed E-state index contributed by atoms with van der Waals surface area (Å²) in [6.45, 7) is 1.88. The maximum absolute atomic E-state index is 13.1. The van der Waals surface area contributed by atoms with E-state index in [-0.39, 0.29) is 20.8 Å². The molecule has 0 radical (unpaired) electrons. The fourth-order valence-corrected chi connectivity index (χ4v) is 6.66. The second-order valence-corrected chi connectivity index (χ2v) is 9.46. The summed E-state index contributed by atoms with van der Waals surface area (Å²) >= 11 is 0.769. The van der Waals surface area contributed by atoms with Crippen LogP contribution < -0.4 is 4.31 Å². The Hall–Kier alpha value is -2.19. The summed E-state index contributed by atoms with van der Waals surface area (Å²) in [5, 5.41) is 9.19. The van der Waals surface area contributed by atoms with Crippen molar-refractivity contribution in [2.45, 2.75) is 29.9 Å². The molecule has 130 valence electrons. The average molecular weight is 377 g/mol. The third-order valence-electron chi connectivity index (χ3n) is 4.80. The number of nitrogens with zero attached hydrogens (tertiary/aromatic N) is 1. The van der Waals surface area contributed by atoms with Crippen LogP contribution in [0.15, 0.2) is 28.5 Å². The average Bonchev–Trinajstić information content (AvgIpc) is 3.14. The van der Waals surface area contributed by atoms with Crippen LogP contribution in [-0.4, -0.2) is 31.8 Å². The molecule has 0 amide bonds. The maximum atomic E-state index is 13.1. The van der Waals surface area contributed by atoms with E-state index in [9.17, 15) is 23.1 Å². The van der Waals surface area contributed by atoms with E-state index < -0.39 is 16.0 Å². The molecule has 1 N–H and O–H groups in total. The van der Waals surface area contributed by atoms with Crippen molar-refractivity contribution in [1.29, 1.82) is 0 Å². The number of carboxylic acids is 1. The van der Waals surface area contributed by atoms with E-state index in [2.05, 4.69) is 0 Å². The Labute approximate surface area is 148 Å². The highest BCUT2D eigenvalue weighted by Gasteiger charge is 2.41. The summed E-state index contributed by atoms with van der Waals surface area (Å²) < 4.78 is 27.6. The van der Waals surface area contributed by atoms with Crippen LogP contribution in [0.3, 0.4) is 0 Å². The smallest absolute Gasteiger partial charge is 0.346 e. The molecular formula is C17H15NO5S2. The molecule has 6 nitrogen and oxygen atoms in total. The van der Waals surface area contributed by atoms with Crippen LogP contribution in [0, 0.1) is 6.92 Å². The van der Waals surface area contributed by atoms with Gasteiger partial charge in [0.05, 0.1) is 5.69 Å². The Morgan fingerprint density at radius 1 is 1.36 bits per heavy atom. The number of carbonyl (C=O) groups is 2. The number of Topliss-reactive ketones (excluding diaryl/α,β-unsaturated/α-hetero) is 1. The molecule has 2 aromatic rings. The van der Waals surface area contributed by atoms with Crippen LogP contribution in [0.5, 0.6) is 0 Å². The summed E-state index contributed by atoms with van der Waals surface area (Å²) in [6.07, 6.45) is 1.06. The van der Waals surface area contributed by atoms with Crippen LogP contribution in [0.4, 0.5) is 5.69 Å².